The lowest BCUT2D eigenvalue weighted by molar-refractivity contribution is -0.201. The fourth-order valence-corrected chi connectivity index (χ4v) is 7.34. The Kier molecular flexibility index (Phi) is 21.0. The molecule has 1 aliphatic heterocycles. The molecule has 3 rings (SSSR count). The van der Waals surface area contributed by atoms with Crippen molar-refractivity contribution in [2.75, 3.05) is 6.54 Å². The van der Waals surface area contributed by atoms with E-state index in [1.807, 2.05) is 6.07 Å². The van der Waals surface area contributed by atoms with Gasteiger partial charge in [0.1, 0.15) is 24.2 Å². The van der Waals surface area contributed by atoms with Gasteiger partial charge in [0.25, 0.3) is 17.7 Å². The van der Waals surface area contributed by atoms with Crippen LogP contribution in [-0.4, -0.2) is 127 Å². The van der Waals surface area contributed by atoms with Crippen LogP contribution in [0.5, 0.6) is 0 Å². The molecule has 0 unspecified atom stereocenters. The minimum atomic E-state index is -1.74. The average Bonchev–Trinajstić information content (AvgIpc) is 3.56. The van der Waals surface area contributed by atoms with E-state index < -0.39 is 140 Å². The van der Waals surface area contributed by atoms with Crippen LogP contribution >= 0.6 is 22.6 Å². The SMILES string of the molecule is O=C(O)CC[C@@H](NC(=O)[C@@H](CCC(=O)O)NC(=O)[C@@H](CCC(=O)O)NC(=O)[C@H]1CC[C@H](C(=O)ON2C(=O)CCC2=O)CC1)C(=O)N[C@H](CCCCNC(=O)c1cccc(I)c1)C(=O)O. The summed E-state index contributed by atoms with van der Waals surface area (Å²) in [6.07, 6.45) is -3.07. The molecule has 350 valence electrons. The number of imide groups is 1. The molecule has 9 N–H and O–H groups in total. The normalized spacial score (nSPS) is 17.7. The number of carbonyl (C=O) groups is 12. The molecule has 64 heavy (non-hydrogen) atoms. The predicted molar refractivity (Wildman–Crippen MR) is 224 cm³/mol. The molecule has 24 heteroatoms. The molecule has 1 aliphatic carbocycles. The van der Waals surface area contributed by atoms with Crippen LogP contribution in [0.2, 0.25) is 0 Å². The fourth-order valence-electron chi connectivity index (χ4n) is 6.79. The standard InChI is InChI=1S/C40H51IN6O17/c41-24-5-3-4-23(20-24)34(56)42-19-2-1-6-28(39(61)62)46-38(60)27(13-18-33(54)55)45-37(59)26(12-17-32(52)53)44-36(58)25(11-16-31(50)51)43-35(57)21-7-9-22(10-8-21)40(63)64-47-29(48)14-15-30(47)49/h3-5,20-22,25-28H,1-2,6-19H2,(H,42,56)(H,43,57)(H,44,58)(H,45,59)(H,46,60)(H,50,51)(H,52,53)(H,54,55)(H,61,62)/t21-,22-,25-,26-,27-,28-/m1/s1. The molecule has 23 nitrogen and oxygen atoms in total. The molecule has 1 saturated carbocycles. The van der Waals surface area contributed by atoms with Gasteiger partial charge < -0.3 is 51.8 Å². The first kappa shape index (κ1) is 52.1. The number of unbranched alkanes of at least 4 members (excludes halogenated alkanes) is 1. The summed E-state index contributed by atoms with van der Waals surface area (Å²) in [6, 6.07) is 0.291. The maximum Gasteiger partial charge on any atom is 0.336 e. The van der Waals surface area contributed by atoms with Gasteiger partial charge in [0.2, 0.25) is 23.6 Å². The van der Waals surface area contributed by atoms with Crippen LogP contribution in [0, 0.1) is 15.4 Å². The number of amides is 7. The van der Waals surface area contributed by atoms with Crippen molar-refractivity contribution >= 4 is 93.8 Å². The van der Waals surface area contributed by atoms with Crippen LogP contribution in [0.25, 0.3) is 0 Å². The van der Waals surface area contributed by atoms with E-state index >= 15 is 0 Å². The number of benzene rings is 1. The number of hydrogen-bond acceptors (Lipinski definition) is 13. The Morgan fingerprint density at radius 1 is 0.641 bits per heavy atom. The molecule has 1 saturated heterocycles. The van der Waals surface area contributed by atoms with Crippen LogP contribution in [-0.2, 0) is 57.6 Å². The Balaban J connectivity index is 1.65. The number of carbonyl (C=O) groups excluding carboxylic acids is 8. The summed E-state index contributed by atoms with van der Waals surface area (Å²) < 4.78 is 0.849. The van der Waals surface area contributed by atoms with Gasteiger partial charge in [0.15, 0.2) is 0 Å². The number of hydroxylamine groups is 2. The molecule has 2 fully saturated rings. The van der Waals surface area contributed by atoms with Crippen LogP contribution < -0.4 is 26.6 Å². The number of nitrogens with zero attached hydrogens (tertiary/aromatic N) is 1. The van der Waals surface area contributed by atoms with E-state index in [4.69, 9.17) is 4.84 Å². The van der Waals surface area contributed by atoms with Crippen LogP contribution in [0.1, 0.15) is 107 Å². The summed E-state index contributed by atoms with van der Waals surface area (Å²) in [5.41, 5.74) is 0.430. The summed E-state index contributed by atoms with van der Waals surface area (Å²) in [5, 5.41) is 50.2. The number of halogens is 1. The van der Waals surface area contributed by atoms with Crippen LogP contribution in [0.3, 0.4) is 0 Å². The number of hydrogen-bond donors (Lipinski definition) is 9. The van der Waals surface area contributed by atoms with E-state index in [0.29, 0.717) is 17.0 Å². The van der Waals surface area contributed by atoms with Crippen molar-refractivity contribution in [2.45, 2.75) is 120 Å². The van der Waals surface area contributed by atoms with Crippen molar-refractivity contribution in [3.63, 3.8) is 0 Å². The third kappa shape index (κ3) is 17.5. The van der Waals surface area contributed by atoms with Gasteiger partial charge in [-0.3, -0.25) is 47.9 Å². The molecule has 0 spiro atoms. The van der Waals surface area contributed by atoms with E-state index in [9.17, 15) is 78.0 Å². The summed E-state index contributed by atoms with van der Waals surface area (Å²) in [6.45, 7) is 0.180. The van der Waals surface area contributed by atoms with E-state index in [1.165, 1.54) is 0 Å². The predicted octanol–water partition coefficient (Wildman–Crippen LogP) is 0.223. The quantitative estimate of drug-likeness (QED) is 0.0341. The van der Waals surface area contributed by atoms with Gasteiger partial charge >= 0.3 is 29.8 Å². The molecule has 4 atom stereocenters. The number of aliphatic carboxylic acids is 4. The highest BCUT2D eigenvalue weighted by molar-refractivity contribution is 14.1. The van der Waals surface area contributed by atoms with Gasteiger partial charge in [-0.2, -0.15) is 0 Å². The minimum Gasteiger partial charge on any atom is -0.481 e. The second-order valence-electron chi connectivity index (χ2n) is 15.2. The van der Waals surface area contributed by atoms with Crippen molar-refractivity contribution < 1.29 is 82.8 Å². The molecular formula is C40H51IN6O17. The van der Waals surface area contributed by atoms with E-state index in [0.717, 1.165) is 3.57 Å². The minimum absolute atomic E-state index is 0.0953. The van der Waals surface area contributed by atoms with Crippen molar-refractivity contribution in [1.29, 1.82) is 0 Å². The van der Waals surface area contributed by atoms with Gasteiger partial charge in [-0.1, -0.05) is 6.07 Å². The molecule has 7 amide bonds. The lowest BCUT2D eigenvalue weighted by Gasteiger charge is -2.29. The fraction of sp³-hybridized carbons (Fsp3) is 0.550. The summed E-state index contributed by atoms with van der Waals surface area (Å²) >= 11 is 2.06. The number of rotatable bonds is 26. The lowest BCUT2D eigenvalue weighted by Crippen LogP contribution is -2.58. The summed E-state index contributed by atoms with van der Waals surface area (Å²) in [5.74, 6) is -13.7. The van der Waals surface area contributed by atoms with Crippen molar-refractivity contribution in [3.05, 3.63) is 33.4 Å². The first-order valence-corrected chi connectivity index (χ1v) is 21.5. The molecule has 1 aromatic carbocycles. The summed E-state index contributed by atoms with van der Waals surface area (Å²) in [7, 11) is 0. The van der Waals surface area contributed by atoms with Crippen molar-refractivity contribution in [3.8, 4) is 0 Å². The second-order valence-corrected chi connectivity index (χ2v) is 16.4. The Labute approximate surface area is 379 Å². The maximum atomic E-state index is 13.6. The molecule has 1 aromatic rings. The highest BCUT2D eigenvalue weighted by Gasteiger charge is 2.38. The Morgan fingerprint density at radius 2 is 1.11 bits per heavy atom. The van der Waals surface area contributed by atoms with Gasteiger partial charge in [0, 0.05) is 53.7 Å². The zero-order chi connectivity index (χ0) is 47.5. The molecule has 0 aromatic heterocycles. The van der Waals surface area contributed by atoms with Crippen molar-refractivity contribution in [2.24, 2.45) is 11.8 Å². The molecular weight excluding hydrogens is 963 g/mol. The molecule has 0 bridgehead atoms. The first-order chi connectivity index (χ1) is 30.2. The van der Waals surface area contributed by atoms with Crippen molar-refractivity contribution in [1.82, 2.24) is 31.6 Å². The van der Waals surface area contributed by atoms with Gasteiger partial charge in [-0.05, 0) is 105 Å². The monoisotopic (exact) mass is 1010 g/mol. The molecule has 1 heterocycles. The second kappa shape index (κ2) is 25.8. The Morgan fingerprint density at radius 3 is 1.58 bits per heavy atom. The van der Waals surface area contributed by atoms with Gasteiger partial charge in [-0.15, -0.1) is 5.06 Å². The number of carboxylic acids is 4. The smallest absolute Gasteiger partial charge is 0.336 e. The largest absolute Gasteiger partial charge is 0.481 e. The number of carboxylic acid groups (broad SMARTS) is 4. The first-order valence-electron chi connectivity index (χ1n) is 20.5. The Hall–Kier alpha value is -6.21. The van der Waals surface area contributed by atoms with Gasteiger partial charge in [0.05, 0.1) is 5.92 Å². The highest BCUT2D eigenvalue weighted by atomic mass is 127. The topological polar surface area (TPSA) is 358 Å². The third-order valence-electron chi connectivity index (χ3n) is 10.4. The van der Waals surface area contributed by atoms with Gasteiger partial charge in [-0.25, -0.2) is 9.59 Å². The highest BCUT2D eigenvalue weighted by Crippen LogP contribution is 2.31. The zero-order valence-electron chi connectivity index (χ0n) is 34.5. The average molecular weight is 1010 g/mol. The molecule has 2 aliphatic rings. The van der Waals surface area contributed by atoms with Crippen LogP contribution in [0.4, 0.5) is 0 Å². The van der Waals surface area contributed by atoms with E-state index in [-0.39, 0.29) is 63.8 Å². The number of nitrogens with one attached hydrogen (secondary N) is 5. The van der Waals surface area contributed by atoms with E-state index in [1.54, 1.807) is 18.2 Å². The summed E-state index contributed by atoms with van der Waals surface area (Å²) in [4.78, 5) is 154. The third-order valence-corrected chi connectivity index (χ3v) is 11.0. The maximum absolute atomic E-state index is 13.6. The van der Waals surface area contributed by atoms with E-state index in [2.05, 4.69) is 49.2 Å². The zero-order valence-corrected chi connectivity index (χ0v) is 36.7. The Bertz CT molecular complexity index is 1940. The molecule has 0 radical (unpaired) electrons. The lowest BCUT2D eigenvalue weighted by atomic mass is 9.81. The van der Waals surface area contributed by atoms with Crippen LogP contribution in [0.15, 0.2) is 24.3 Å².